The summed E-state index contributed by atoms with van der Waals surface area (Å²) < 4.78 is 13.9. The Labute approximate surface area is 106 Å². The molecular formula is C14H17FN2O. The van der Waals surface area contributed by atoms with Crippen molar-refractivity contribution in [2.75, 3.05) is 10.6 Å². The quantitative estimate of drug-likeness (QED) is 0.845. The van der Waals surface area contributed by atoms with Crippen LogP contribution >= 0.6 is 0 Å². The van der Waals surface area contributed by atoms with Crippen molar-refractivity contribution in [3.8, 4) is 0 Å². The summed E-state index contributed by atoms with van der Waals surface area (Å²) in [5, 5.41) is 6.02. The Hall–Kier alpha value is -1.58. The van der Waals surface area contributed by atoms with Crippen LogP contribution in [0.4, 0.5) is 15.8 Å². The summed E-state index contributed by atoms with van der Waals surface area (Å²) in [6.45, 7) is 2.20. The first-order chi connectivity index (χ1) is 8.61. The fourth-order valence-corrected chi connectivity index (χ4v) is 2.75. The Morgan fingerprint density at radius 1 is 1.33 bits per heavy atom. The number of carbonyl (C=O) groups excluding carboxylic acids is 1. The second-order valence-corrected chi connectivity index (χ2v) is 5.46. The third-order valence-corrected chi connectivity index (χ3v) is 3.82. The zero-order valence-corrected chi connectivity index (χ0v) is 10.4. The van der Waals surface area contributed by atoms with Crippen LogP contribution < -0.4 is 10.6 Å². The fourth-order valence-electron chi connectivity index (χ4n) is 2.75. The normalized spacial score (nSPS) is 26.0. The third-order valence-electron chi connectivity index (χ3n) is 3.82. The molecule has 1 aliphatic heterocycles. The second-order valence-electron chi connectivity index (χ2n) is 5.46. The zero-order valence-electron chi connectivity index (χ0n) is 10.4. The smallest absolute Gasteiger partial charge is 0.224 e. The van der Waals surface area contributed by atoms with Crippen LogP contribution in [0.5, 0.6) is 0 Å². The standard InChI is InChI=1S/C14H17FN2O/c1-8-4-10(5-8)16-13-7-12-9(6-11(13)15)2-3-14(18)17-12/h6-8,10,16H,2-5H2,1H3,(H,17,18). The van der Waals surface area contributed by atoms with E-state index in [0.29, 0.717) is 24.6 Å². The molecule has 0 atom stereocenters. The summed E-state index contributed by atoms with van der Waals surface area (Å²) in [7, 11) is 0. The Morgan fingerprint density at radius 3 is 2.83 bits per heavy atom. The van der Waals surface area contributed by atoms with Gasteiger partial charge in [-0.05, 0) is 42.9 Å². The van der Waals surface area contributed by atoms with Crippen molar-refractivity contribution in [3.63, 3.8) is 0 Å². The first-order valence-electron chi connectivity index (χ1n) is 6.50. The molecule has 1 aliphatic carbocycles. The summed E-state index contributed by atoms with van der Waals surface area (Å²) in [5.74, 6) is 0.518. The largest absolute Gasteiger partial charge is 0.380 e. The molecule has 96 valence electrons. The number of rotatable bonds is 2. The predicted octanol–water partition coefficient (Wildman–Crippen LogP) is 2.92. The Balaban J connectivity index is 1.82. The SMILES string of the molecule is CC1CC(Nc2cc3c(cc2F)CCC(=O)N3)C1. The number of halogens is 1. The van der Waals surface area contributed by atoms with E-state index in [1.807, 2.05) is 0 Å². The van der Waals surface area contributed by atoms with Gasteiger partial charge in [0.15, 0.2) is 0 Å². The van der Waals surface area contributed by atoms with Gasteiger partial charge in [0.2, 0.25) is 5.91 Å². The first-order valence-corrected chi connectivity index (χ1v) is 6.50. The van der Waals surface area contributed by atoms with Gasteiger partial charge in [-0.2, -0.15) is 0 Å². The van der Waals surface area contributed by atoms with Gasteiger partial charge in [0.25, 0.3) is 0 Å². The average Bonchev–Trinajstić information content (AvgIpc) is 2.28. The molecule has 0 saturated heterocycles. The van der Waals surface area contributed by atoms with Crippen molar-refractivity contribution >= 4 is 17.3 Å². The van der Waals surface area contributed by atoms with Crippen LogP contribution in [0.15, 0.2) is 12.1 Å². The molecule has 1 amide bonds. The molecule has 0 spiro atoms. The lowest BCUT2D eigenvalue weighted by atomic mass is 9.82. The van der Waals surface area contributed by atoms with Crippen LogP contribution in [0.3, 0.4) is 0 Å². The van der Waals surface area contributed by atoms with E-state index >= 15 is 0 Å². The van der Waals surface area contributed by atoms with Crippen molar-refractivity contribution in [3.05, 3.63) is 23.5 Å². The van der Waals surface area contributed by atoms with Crippen LogP contribution in [0.2, 0.25) is 0 Å². The second kappa shape index (κ2) is 4.26. The minimum absolute atomic E-state index is 0.0114. The van der Waals surface area contributed by atoms with Crippen LogP contribution in [0.25, 0.3) is 0 Å². The molecule has 4 heteroatoms. The Bertz CT molecular complexity index is 495. The van der Waals surface area contributed by atoms with Crippen LogP contribution in [-0.2, 0) is 11.2 Å². The molecule has 1 aromatic rings. The lowest BCUT2D eigenvalue weighted by Gasteiger charge is -2.34. The van der Waals surface area contributed by atoms with E-state index in [1.165, 1.54) is 0 Å². The number of hydrogen-bond donors (Lipinski definition) is 2. The number of benzene rings is 1. The maximum atomic E-state index is 13.9. The van der Waals surface area contributed by atoms with Crippen LogP contribution in [0, 0.1) is 11.7 Å². The first kappa shape index (κ1) is 11.5. The molecule has 0 bridgehead atoms. The van der Waals surface area contributed by atoms with Gasteiger partial charge in [-0.25, -0.2) is 4.39 Å². The van der Waals surface area contributed by atoms with Gasteiger partial charge >= 0.3 is 0 Å². The van der Waals surface area contributed by atoms with E-state index in [4.69, 9.17) is 0 Å². The summed E-state index contributed by atoms with van der Waals surface area (Å²) in [4.78, 5) is 11.3. The summed E-state index contributed by atoms with van der Waals surface area (Å²) in [5.41, 5.74) is 2.15. The predicted molar refractivity (Wildman–Crippen MR) is 69.2 cm³/mol. The number of nitrogens with one attached hydrogen (secondary N) is 2. The molecule has 3 nitrogen and oxygen atoms in total. The Morgan fingerprint density at radius 2 is 2.11 bits per heavy atom. The van der Waals surface area contributed by atoms with Gasteiger partial charge in [-0.15, -0.1) is 0 Å². The molecule has 0 radical (unpaired) electrons. The molecule has 0 aromatic heterocycles. The highest BCUT2D eigenvalue weighted by Gasteiger charge is 2.26. The minimum Gasteiger partial charge on any atom is -0.380 e. The number of anilines is 2. The summed E-state index contributed by atoms with van der Waals surface area (Å²) >= 11 is 0. The Kier molecular flexibility index (Phi) is 2.73. The van der Waals surface area contributed by atoms with Gasteiger partial charge in [0.05, 0.1) is 5.69 Å². The number of fused-ring (bicyclic) bond motifs is 1. The van der Waals surface area contributed by atoms with Gasteiger partial charge in [0.1, 0.15) is 5.82 Å². The highest BCUT2D eigenvalue weighted by Crippen LogP contribution is 2.33. The molecular weight excluding hydrogens is 231 g/mol. The third kappa shape index (κ3) is 2.07. The van der Waals surface area contributed by atoms with Crippen molar-refractivity contribution in [2.24, 2.45) is 5.92 Å². The molecule has 1 aromatic carbocycles. The average molecular weight is 248 g/mol. The molecule has 3 rings (SSSR count). The highest BCUT2D eigenvalue weighted by atomic mass is 19.1. The van der Waals surface area contributed by atoms with Crippen molar-refractivity contribution in [2.45, 2.75) is 38.6 Å². The zero-order chi connectivity index (χ0) is 12.7. The van der Waals surface area contributed by atoms with Crippen LogP contribution in [0.1, 0.15) is 31.7 Å². The van der Waals surface area contributed by atoms with E-state index in [2.05, 4.69) is 17.6 Å². The van der Waals surface area contributed by atoms with Gasteiger partial charge < -0.3 is 10.6 Å². The maximum absolute atomic E-state index is 13.9. The number of hydrogen-bond acceptors (Lipinski definition) is 2. The molecule has 18 heavy (non-hydrogen) atoms. The van der Waals surface area contributed by atoms with E-state index in [9.17, 15) is 9.18 Å². The molecule has 2 aliphatic rings. The fraction of sp³-hybridized carbons (Fsp3) is 0.500. The summed E-state index contributed by atoms with van der Waals surface area (Å²) in [6.07, 6.45) is 3.24. The van der Waals surface area contributed by atoms with Crippen molar-refractivity contribution < 1.29 is 9.18 Å². The number of carbonyl (C=O) groups is 1. The van der Waals surface area contributed by atoms with Crippen molar-refractivity contribution in [1.29, 1.82) is 0 Å². The topological polar surface area (TPSA) is 41.1 Å². The van der Waals surface area contributed by atoms with E-state index in [0.717, 1.165) is 30.0 Å². The van der Waals surface area contributed by atoms with E-state index < -0.39 is 0 Å². The lowest BCUT2D eigenvalue weighted by molar-refractivity contribution is -0.116. The number of aryl methyl sites for hydroxylation is 1. The molecule has 2 N–H and O–H groups in total. The van der Waals surface area contributed by atoms with Gasteiger partial charge in [-0.3, -0.25) is 4.79 Å². The van der Waals surface area contributed by atoms with Gasteiger partial charge in [0, 0.05) is 18.2 Å². The summed E-state index contributed by atoms with van der Waals surface area (Å²) in [6, 6.07) is 3.64. The maximum Gasteiger partial charge on any atom is 0.224 e. The lowest BCUT2D eigenvalue weighted by Crippen LogP contribution is -2.34. The van der Waals surface area contributed by atoms with Crippen LogP contribution in [-0.4, -0.2) is 11.9 Å². The molecule has 0 unspecified atom stereocenters. The number of amides is 1. The van der Waals surface area contributed by atoms with E-state index in [1.54, 1.807) is 12.1 Å². The monoisotopic (exact) mass is 248 g/mol. The molecule has 1 saturated carbocycles. The highest BCUT2D eigenvalue weighted by molar-refractivity contribution is 5.94. The van der Waals surface area contributed by atoms with E-state index in [-0.39, 0.29) is 11.7 Å². The molecule has 1 heterocycles. The minimum atomic E-state index is -0.218. The van der Waals surface area contributed by atoms with Crippen molar-refractivity contribution in [1.82, 2.24) is 0 Å². The van der Waals surface area contributed by atoms with Gasteiger partial charge in [-0.1, -0.05) is 6.92 Å². The molecule has 1 fully saturated rings.